The fraction of sp³-hybridized carbons (Fsp3) is 0.643. The molecule has 1 heterocycles. The van der Waals surface area contributed by atoms with Crippen molar-refractivity contribution in [2.45, 2.75) is 46.2 Å². The SMILES string of the molecule is CC(C)CC(CN)NC(=O)c1cc([N+](=O)[O-])cn1C(C)C. The molecule has 7 nitrogen and oxygen atoms in total. The third-order valence-corrected chi connectivity index (χ3v) is 3.21. The van der Waals surface area contributed by atoms with E-state index in [0.29, 0.717) is 18.2 Å². The summed E-state index contributed by atoms with van der Waals surface area (Å²) in [4.78, 5) is 22.7. The smallest absolute Gasteiger partial charge is 0.287 e. The molecular weight excluding hydrogens is 272 g/mol. The second-order valence-corrected chi connectivity index (χ2v) is 5.88. The van der Waals surface area contributed by atoms with Gasteiger partial charge in [0, 0.05) is 24.7 Å². The Morgan fingerprint density at radius 3 is 2.48 bits per heavy atom. The van der Waals surface area contributed by atoms with Crippen molar-refractivity contribution < 1.29 is 9.72 Å². The third kappa shape index (κ3) is 4.56. The molecule has 0 aliphatic carbocycles. The van der Waals surface area contributed by atoms with Gasteiger partial charge in [0.15, 0.2) is 0 Å². The number of aromatic nitrogens is 1. The van der Waals surface area contributed by atoms with Gasteiger partial charge in [0.25, 0.3) is 11.6 Å². The third-order valence-electron chi connectivity index (χ3n) is 3.21. The van der Waals surface area contributed by atoms with Gasteiger partial charge in [0.05, 0.1) is 11.1 Å². The molecule has 0 fully saturated rings. The first kappa shape index (κ1) is 17.2. The van der Waals surface area contributed by atoms with Crippen molar-refractivity contribution in [2.75, 3.05) is 6.54 Å². The van der Waals surface area contributed by atoms with Crippen molar-refractivity contribution in [3.05, 3.63) is 28.1 Å². The zero-order valence-electron chi connectivity index (χ0n) is 13.0. The van der Waals surface area contributed by atoms with Crippen LogP contribution in [0.1, 0.15) is 50.6 Å². The molecule has 1 rings (SSSR count). The predicted octanol–water partition coefficient (Wildman–Crippen LogP) is 2.08. The highest BCUT2D eigenvalue weighted by atomic mass is 16.6. The average Bonchev–Trinajstić information content (AvgIpc) is 2.82. The molecule has 0 aliphatic rings. The molecule has 0 saturated heterocycles. The van der Waals surface area contributed by atoms with Gasteiger partial charge >= 0.3 is 0 Å². The van der Waals surface area contributed by atoms with Crippen LogP contribution in [0.25, 0.3) is 0 Å². The van der Waals surface area contributed by atoms with Crippen molar-refractivity contribution in [2.24, 2.45) is 11.7 Å². The van der Waals surface area contributed by atoms with E-state index in [9.17, 15) is 14.9 Å². The monoisotopic (exact) mass is 296 g/mol. The number of nitro groups is 1. The number of nitrogens with two attached hydrogens (primary N) is 1. The molecule has 1 unspecified atom stereocenters. The number of carbonyl (C=O) groups is 1. The Hall–Kier alpha value is -1.89. The molecule has 0 saturated carbocycles. The van der Waals surface area contributed by atoms with E-state index in [0.717, 1.165) is 6.42 Å². The molecule has 0 aliphatic heterocycles. The van der Waals surface area contributed by atoms with Gasteiger partial charge < -0.3 is 15.6 Å². The van der Waals surface area contributed by atoms with Crippen LogP contribution in [-0.4, -0.2) is 28.0 Å². The lowest BCUT2D eigenvalue weighted by Crippen LogP contribution is -2.41. The first-order valence-corrected chi connectivity index (χ1v) is 7.13. The fourth-order valence-corrected chi connectivity index (χ4v) is 2.22. The number of rotatable bonds is 7. The maximum atomic E-state index is 12.3. The summed E-state index contributed by atoms with van der Waals surface area (Å²) in [6.07, 6.45) is 2.16. The molecule has 0 spiro atoms. The van der Waals surface area contributed by atoms with E-state index in [-0.39, 0.29) is 23.7 Å². The fourth-order valence-electron chi connectivity index (χ4n) is 2.22. The first-order chi connectivity index (χ1) is 9.76. The number of hydrogen-bond acceptors (Lipinski definition) is 4. The molecule has 1 atom stereocenters. The molecule has 21 heavy (non-hydrogen) atoms. The zero-order valence-corrected chi connectivity index (χ0v) is 13.0. The van der Waals surface area contributed by atoms with Gasteiger partial charge in [0.1, 0.15) is 5.69 Å². The Morgan fingerprint density at radius 1 is 1.43 bits per heavy atom. The summed E-state index contributed by atoms with van der Waals surface area (Å²) in [6, 6.07) is 1.13. The molecule has 1 amide bonds. The van der Waals surface area contributed by atoms with Gasteiger partial charge in [-0.1, -0.05) is 13.8 Å². The summed E-state index contributed by atoms with van der Waals surface area (Å²) in [7, 11) is 0. The molecule has 7 heteroatoms. The van der Waals surface area contributed by atoms with Crippen molar-refractivity contribution in [3.8, 4) is 0 Å². The predicted molar refractivity (Wildman–Crippen MR) is 81.2 cm³/mol. The van der Waals surface area contributed by atoms with E-state index in [1.807, 2.05) is 13.8 Å². The van der Waals surface area contributed by atoms with Crippen molar-refractivity contribution in [1.29, 1.82) is 0 Å². The molecule has 3 N–H and O–H groups in total. The standard InChI is InChI=1S/C14H24N4O3/c1-9(2)5-11(7-15)16-14(19)13-6-12(18(20)21)8-17(13)10(3)4/h6,8-11H,5,7,15H2,1-4H3,(H,16,19). The lowest BCUT2D eigenvalue weighted by Gasteiger charge is -2.20. The molecule has 0 radical (unpaired) electrons. The van der Waals surface area contributed by atoms with E-state index in [2.05, 4.69) is 19.2 Å². The largest absolute Gasteiger partial charge is 0.347 e. The zero-order chi connectivity index (χ0) is 16.2. The summed E-state index contributed by atoms with van der Waals surface area (Å²) in [5.74, 6) is 0.0815. The topological polar surface area (TPSA) is 103 Å². The number of nitrogens with zero attached hydrogens (tertiary/aromatic N) is 2. The van der Waals surface area contributed by atoms with E-state index >= 15 is 0 Å². The molecule has 0 aromatic carbocycles. The lowest BCUT2D eigenvalue weighted by atomic mass is 10.0. The van der Waals surface area contributed by atoms with E-state index < -0.39 is 4.92 Å². The maximum Gasteiger partial charge on any atom is 0.287 e. The summed E-state index contributed by atoms with van der Waals surface area (Å²) >= 11 is 0. The summed E-state index contributed by atoms with van der Waals surface area (Å²) < 4.78 is 1.61. The van der Waals surface area contributed by atoms with Crippen LogP contribution in [0.4, 0.5) is 5.69 Å². The quantitative estimate of drug-likeness (QED) is 0.593. The first-order valence-electron chi connectivity index (χ1n) is 7.13. The van der Waals surface area contributed by atoms with Crippen LogP contribution in [-0.2, 0) is 0 Å². The summed E-state index contributed by atoms with van der Waals surface area (Å²) in [5.41, 5.74) is 5.88. The second kappa shape index (κ2) is 7.21. The number of amides is 1. The molecular formula is C14H24N4O3. The van der Waals surface area contributed by atoms with Gasteiger partial charge in [-0.05, 0) is 26.2 Å². The highest BCUT2D eigenvalue weighted by molar-refractivity contribution is 5.93. The van der Waals surface area contributed by atoms with Crippen LogP contribution in [0, 0.1) is 16.0 Å². The highest BCUT2D eigenvalue weighted by Gasteiger charge is 2.22. The Labute approximate surface area is 124 Å². The summed E-state index contributed by atoms with van der Waals surface area (Å²) in [5, 5.41) is 13.7. The molecule has 0 bridgehead atoms. The normalized spacial score (nSPS) is 12.7. The van der Waals surface area contributed by atoms with Crippen LogP contribution >= 0.6 is 0 Å². The van der Waals surface area contributed by atoms with E-state index in [1.165, 1.54) is 12.3 Å². The molecule has 1 aromatic rings. The molecule has 118 valence electrons. The van der Waals surface area contributed by atoms with E-state index in [1.54, 1.807) is 4.57 Å². The Kier molecular flexibility index (Phi) is 5.90. The van der Waals surface area contributed by atoms with Crippen LogP contribution in [0.3, 0.4) is 0 Å². The van der Waals surface area contributed by atoms with Crippen molar-refractivity contribution >= 4 is 11.6 Å². The average molecular weight is 296 g/mol. The number of nitrogens with one attached hydrogen (secondary N) is 1. The summed E-state index contributed by atoms with van der Waals surface area (Å²) in [6.45, 7) is 8.19. The van der Waals surface area contributed by atoms with Crippen LogP contribution in [0.15, 0.2) is 12.3 Å². The minimum absolute atomic E-state index is 0.0409. The Balaban J connectivity index is 2.97. The van der Waals surface area contributed by atoms with Gasteiger partial charge in [0.2, 0.25) is 0 Å². The maximum absolute atomic E-state index is 12.3. The Bertz CT molecular complexity index is 508. The van der Waals surface area contributed by atoms with Crippen LogP contribution in [0.2, 0.25) is 0 Å². The molecule has 1 aromatic heterocycles. The second-order valence-electron chi connectivity index (χ2n) is 5.88. The Morgan fingerprint density at radius 2 is 2.05 bits per heavy atom. The number of carbonyl (C=O) groups excluding carboxylic acids is 1. The van der Waals surface area contributed by atoms with Crippen molar-refractivity contribution in [1.82, 2.24) is 9.88 Å². The van der Waals surface area contributed by atoms with E-state index in [4.69, 9.17) is 5.73 Å². The van der Waals surface area contributed by atoms with Gasteiger partial charge in [-0.15, -0.1) is 0 Å². The van der Waals surface area contributed by atoms with Crippen LogP contribution in [0.5, 0.6) is 0 Å². The van der Waals surface area contributed by atoms with Gasteiger partial charge in [-0.2, -0.15) is 0 Å². The van der Waals surface area contributed by atoms with Crippen LogP contribution < -0.4 is 11.1 Å². The lowest BCUT2D eigenvalue weighted by molar-refractivity contribution is -0.384. The van der Waals surface area contributed by atoms with Gasteiger partial charge in [-0.25, -0.2) is 0 Å². The number of hydrogen-bond donors (Lipinski definition) is 2. The van der Waals surface area contributed by atoms with Crippen molar-refractivity contribution in [3.63, 3.8) is 0 Å². The minimum Gasteiger partial charge on any atom is -0.347 e. The highest BCUT2D eigenvalue weighted by Crippen LogP contribution is 2.21. The minimum atomic E-state index is -0.496. The van der Waals surface area contributed by atoms with Gasteiger partial charge in [-0.3, -0.25) is 14.9 Å².